The molecule has 18 heavy (non-hydrogen) atoms. The van der Waals surface area contributed by atoms with Gasteiger partial charge in [0.25, 0.3) is 0 Å². The van der Waals surface area contributed by atoms with E-state index in [1.807, 2.05) is 0 Å². The van der Waals surface area contributed by atoms with Crippen molar-refractivity contribution in [2.45, 2.75) is 45.6 Å². The summed E-state index contributed by atoms with van der Waals surface area (Å²) in [6.07, 6.45) is 4.87. The molecular formula is C14H28N2O2. The summed E-state index contributed by atoms with van der Waals surface area (Å²) < 4.78 is 4.78. The minimum absolute atomic E-state index is 0.147. The van der Waals surface area contributed by atoms with Gasteiger partial charge < -0.3 is 10.5 Å². The van der Waals surface area contributed by atoms with Gasteiger partial charge in [-0.15, -0.1) is 0 Å². The van der Waals surface area contributed by atoms with Crippen LogP contribution in [0.3, 0.4) is 0 Å². The van der Waals surface area contributed by atoms with Crippen LogP contribution >= 0.6 is 0 Å². The number of carbonyl (C=O) groups excluding carboxylic acids is 1. The summed E-state index contributed by atoms with van der Waals surface area (Å²) in [6, 6.07) is 0.442. The highest BCUT2D eigenvalue weighted by Gasteiger charge is 2.33. The zero-order valence-electron chi connectivity index (χ0n) is 12.0. The minimum Gasteiger partial charge on any atom is -0.468 e. The van der Waals surface area contributed by atoms with Crippen LogP contribution in [0.25, 0.3) is 0 Å². The van der Waals surface area contributed by atoms with Gasteiger partial charge in [-0.05, 0) is 37.8 Å². The Morgan fingerprint density at radius 2 is 2.11 bits per heavy atom. The van der Waals surface area contributed by atoms with Crippen LogP contribution in [0.2, 0.25) is 0 Å². The van der Waals surface area contributed by atoms with Gasteiger partial charge in [0.05, 0.1) is 13.7 Å². The molecule has 3 unspecified atom stereocenters. The Labute approximate surface area is 111 Å². The first kappa shape index (κ1) is 15.4. The van der Waals surface area contributed by atoms with Crippen molar-refractivity contribution in [3.8, 4) is 0 Å². The Balaban J connectivity index is 2.68. The molecular weight excluding hydrogens is 228 g/mol. The predicted octanol–water partition coefficient (Wildman–Crippen LogP) is 1.63. The third-order valence-electron chi connectivity index (χ3n) is 4.38. The van der Waals surface area contributed by atoms with E-state index in [-0.39, 0.29) is 5.97 Å². The summed E-state index contributed by atoms with van der Waals surface area (Å²) in [6.45, 7) is 6.35. The quantitative estimate of drug-likeness (QED) is 0.734. The number of nitrogens with zero attached hydrogens (tertiary/aromatic N) is 1. The lowest BCUT2D eigenvalue weighted by Crippen LogP contribution is -2.48. The smallest absolute Gasteiger partial charge is 0.319 e. The molecule has 4 heteroatoms. The summed E-state index contributed by atoms with van der Waals surface area (Å²) in [5.41, 5.74) is 5.89. The van der Waals surface area contributed by atoms with E-state index in [1.165, 1.54) is 32.8 Å². The van der Waals surface area contributed by atoms with Gasteiger partial charge in [0, 0.05) is 6.04 Å². The Morgan fingerprint density at radius 1 is 1.39 bits per heavy atom. The summed E-state index contributed by atoms with van der Waals surface area (Å²) in [5.74, 6) is 1.16. The molecule has 0 bridgehead atoms. The third-order valence-corrected chi connectivity index (χ3v) is 4.38. The van der Waals surface area contributed by atoms with Gasteiger partial charge in [0.1, 0.15) is 0 Å². The zero-order chi connectivity index (χ0) is 13.5. The number of hydrogen-bond acceptors (Lipinski definition) is 4. The standard InChI is InChI=1S/C14H28N2O2/c1-4-11-6-7-12(9-15)13(8-11)16(5-2)10-14(17)18-3/h11-13H,4-10,15H2,1-3H3. The first-order chi connectivity index (χ1) is 8.65. The van der Waals surface area contributed by atoms with Crippen LogP contribution in [0.1, 0.15) is 39.5 Å². The lowest BCUT2D eigenvalue weighted by atomic mass is 9.76. The van der Waals surface area contributed by atoms with Crippen molar-refractivity contribution in [2.75, 3.05) is 26.7 Å². The maximum Gasteiger partial charge on any atom is 0.319 e. The largest absolute Gasteiger partial charge is 0.468 e. The molecule has 1 aliphatic rings. The lowest BCUT2D eigenvalue weighted by molar-refractivity contribution is -0.143. The zero-order valence-corrected chi connectivity index (χ0v) is 12.0. The minimum atomic E-state index is -0.147. The normalized spacial score (nSPS) is 28.4. The molecule has 1 fully saturated rings. The molecule has 1 aliphatic carbocycles. The van der Waals surface area contributed by atoms with E-state index >= 15 is 0 Å². The summed E-state index contributed by atoms with van der Waals surface area (Å²) >= 11 is 0. The van der Waals surface area contributed by atoms with Crippen molar-refractivity contribution < 1.29 is 9.53 Å². The highest BCUT2D eigenvalue weighted by atomic mass is 16.5. The van der Waals surface area contributed by atoms with E-state index in [1.54, 1.807) is 0 Å². The number of ether oxygens (including phenoxy) is 1. The summed E-state index contributed by atoms with van der Waals surface area (Å²) in [4.78, 5) is 13.7. The van der Waals surface area contributed by atoms with Gasteiger partial charge >= 0.3 is 5.97 Å². The van der Waals surface area contributed by atoms with Gasteiger partial charge in [0.15, 0.2) is 0 Å². The molecule has 4 nitrogen and oxygen atoms in total. The second-order valence-electron chi connectivity index (χ2n) is 5.29. The molecule has 0 aromatic rings. The molecule has 0 radical (unpaired) electrons. The fourth-order valence-electron chi connectivity index (χ4n) is 3.08. The molecule has 2 N–H and O–H groups in total. The number of rotatable bonds is 6. The number of nitrogens with two attached hydrogens (primary N) is 1. The van der Waals surface area contributed by atoms with Crippen LogP contribution in [0.15, 0.2) is 0 Å². The van der Waals surface area contributed by atoms with Gasteiger partial charge in [-0.2, -0.15) is 0 Å². The van der Waals surface area contributed by atoms with Gasteiger partial charge in [-0.25, -0.2) is 0 Å². The van der Waals surface area contributed by atoms with E-state index in [0.717, 1.165) is 19.0 Å². The van der Waals surface area contributed by atoms with Crippen LogP contribution in [0, 0.1) is 11.8 Å². The molecule has 0 amide bonds. The number of methoxy groups -OCH3 is 1. The van der Waals surface area contributed by atoms with Crippen molar-refractivity contribution in [2.24, 2.45) is 17.6 Å². The van der Waals surface area contributed by atoms with E-state index in [2.05, 4.69) is 18.7 Å². The summed E-state index contributed by atoms with van der Waals surface area (Å²) in [5, 5.41) is 0. The Morgan fingerprint density at radius 3 is 2.61 bits per heavy atom. The topological polar surface area (TPSA) is 55.6 Å². The Kier molecular flexibility index (Phi) is 6.65. The fraction of sp³-hybridized carbons (Fsp3) is 0.929. The van der Waals surface area contributed by atoms with E-state index in [0.29, 0.717) is 18.5 Å². The molecule has 0 heterocycles. The molecule has 0 aliphatic heterocycles. The van der Waals surface area contributed by atoms with Gasteiger partial charge in [0.2, 0.25) is 0 Å². The van der Waals surface area contributed by atoms with Crippen LogP contribution in [0.5, 0.6) is 0 Å². The van der Waals surface area contributed by atoms with E-state index in [9.17, 15) is 4.79 Å². The van der Waals surface area contributed by atoms with Crippen molar-refractivity contribution in [1.29, 1.82) is 0 Å². The lowest BCUT2D eigenvalue weighted by Gasteiger charge is -2.41. The van der Waals surface area contributed by atoms with Crippen molar-refractivity contribution in [3.05, 3.63) is 0 Å². The molecule has 1 rings (SSSR count). The molecule has 0 aromatic heterocycles. The maximum atomic E-state index is 11.5. The maximum absolute atomic E-state index is 11.5. The highest BCUT2D eigenvalue weighted by molar-refractivity contribution is 5.71. The SMILES string of the molecule is CCC1CCC(CN)C(N(CC)CC(=O)OC)C1. The molecule has 106 valence electrons. The predicted molar refractivity (Wildman–Crippen MR) is 73.2 cm³/mol. The van der Waals surface area contributed by atoms with Gasteiger partial charge in [-0.3, -0.25) is 9.69 Å². The number of likely N-dealkylation sites (N-methyl/N-ethyl adjacent to an activating group) is 1. The van der Waals surface area contributed by atoms with Crippen LogP contribution in [-0.2, 0) is 9.53 Å². The van der Waals surface area contributed by atoms with Crippen LogP contribution in [0.4, 0.5) is 0 Å². The second-order valence-corrected chi connectivity index (χ2v) is 5.29. The van der Waals surface area contributed by atoms with E-state index < -0.39 is 0 Å². The molecule has 3 atom stereocenters. The Bertz CT molecular complexity index is 258. The fourth-order valence-corrected chi connectivity index (χ4v) is 3.08. The van der Waals surface area contributed by atoms with Crippen LogP contribution in [-0.4, -0.2) is 43.7 Å². The highest BCUT2D eigenvalue weighted by Crippen LogP contribution is 2.33. The molecule has 0 aromatic carbocycles. The second kappa shape index (κ2) is 7.74. The molecule has 0 spiro atoms. The average Bonchev–Trinajstić information content (AvgIpc) is 2.43. The Hall–Kier alpha value is -0.610. The van der Waals surface area contributed by atoms with Crippen molar-refractivity contribution in [1.82, 2.24) is 4.90 Å². The first-order valence-electron chi connectivity index (χ1n) is 7.17. The number of esters is 1. The number of carbonyl (C=O) groups is 1. The van der Waals surface area contributed by atoms with Gasteiger partial charge in [-0.1, -0.05) is 26.7 Å². The average molecular weight is 256 g/mol. The van der Waals surface area contributed by atoms with Crippen molar-refractivity contribution >= 4 is 5.97 Å². The number of hydrogen-bond donors (Lipinski definition) is 1. The van der Waals surface area contributed by atoms with E-state index in [4.69, 9.17) is 10.5 Å². The van der Waals surface area contributed by atoms with Crippen molar-refractivity contribution in [3.63, 3.8) is 0 Å². The van der Waals surface area contributed by atoms with Crippen LogP contribution < -0.4 is 5.73 Å². The molecule has 0 saturated heterocycles. The first-order valence-corrected chi connectivity index (χ1v) is 7.17. The molecule has 1 saturated carbocycles. The third kappa shape index (κ3) is 3.95. The monoisotopic (exact) mass is 256 g/mol. The summed E-state index contributed by atoms with van der Waals surface area (Å²) in [7, 11) is 1.45.